The van der Waals surface area contributed by atoms with E-state index in [4.69, 9.17) is 4.52 Å². The van der Waals surface area contributed by atoms with Crippen molar-refractivity contribution < 1.29 is 14.4 Å². The summed E-state index contributed by atoms with van der Waals surface area (Å²) in [6.07, 6.45) is 3.66. The molecule has 4 N–H and O–H groups in total. The molecule has 2 aromatic carbocycles. The summed E-state index contributed by atoms with van der Waals surface area (Å²) in [4.78, 5) is 28.1. The van der Waals surface area contributed by atoms with Crippen LogP contribution < -0.4 is 15.5 Å². The number of carbonyl (C=O) groups is 1. The number of benzene rings is 2. The number of H-pyrrole nitrogens is 1. The van der Waals surface area contributed by atoms with Gasteiger partial charge in [-0.3, -0.25) is 14.6 Å². The molecule has 0 unspecified atom stereocenters. The second kappa shape index (κ2) is 9.14. The van der Waals surface area contributed by atoms with Crippen LogP contribution in [0.2, 0.25) is 0 Å². The van der Waals surface area contributed by atoms with Crippen molar-refractivity contribution in [2.24, 2.45) is 0 Å². The minimum absolute atomic E-state index is 0.0975. The van der Waals surface area contributed by atoms with Crippen LogP contribution in [0.25, 0.3) is 11.3 Å². The molecule has 0 aliphatic heterocycles. The topological polar surface area (TPSA) is 120 Å². The molecule has 10 heteroatoms. The number of nitrogens with zero attached hydrogens (tertiary/aromatic N) is 1. The zero-order chi connectivity index (χ0) is 24.6. The van der Waals surface area contributed by atoms with Crippen LogP contribution in [-0.4, -0.2) is 21.2 Å². The maximum atomic E-state index is 13.4. The lowest BCUT2D eigenvalue weighted by Gasteiger charge is -2.13. The number of nitrogens with one attached hydrogen (secondary N) is 3. The summed E-state index contributed by atoms with van der Waals surface area (Å²) in [5.41, 5.74) is 5.39. The largest absolute Gasteiger partial charge is 0.494 e. The lowest BCUT2D eigenvalue weighted by molar-refractivity contribution is 0.102. The normalized spacial score (nSPS) is 12.1. The van der Waals surface area contributed by atoms with E-state index in [1.54, 1.807) is 6.20 Å². The van der Waals surface area contributed by atoms with Crippen molar-refractivity contribution in [2.45, 2.75) is 19.3 Å². The van der Waals surface area contributed by atoms with Gasteiger partial charge in [0.05, 0.1) is 21.5 Å². The van der Waals surface area contributed by atoms with Crippen LogP contribution in [0.3, 0.4) is 0 Å². The fraction of sp³-hybridized carbons (Fsp3) is 0.115. The van der Waals surface area contributed by atoms with E-state index in [0.29, 0.717) is 27.6 Å². The number of aromatic amines is 1. The van der Waals surface area contributed by atoms with E-state index >= 15 is 0 Å². The zero-order valence-electron chi connectivity index (χ0n) is 18.8. The summed E-state index contributed by atoms with van der Waals surface area (Å²) in [6.45, 7) is 0. The number of aromatic hydroxyl groups is 1. The number of hydrogen-bond donors (Lipinski definition) is 4. The summed E-state index contributed by atoms with van der Waals surface area (Å²) >= 11 is 2.39. The van der Waals surface area contributed by atoms with Gasteiger partial charge in [-0.15, -0.1) is 11.3 Å². The van der Waals surface area contributed by atoms with E-state index < -0.39 is 0 Å². The van der Waals surface area contributed by atoms with Crippen LogP contribution in [0.4, 0.5) is 16.4 Å². The Balaban J connectivity index is 1.27. The fourth-order valence-corrected chi connectivity index (χ4v) is 6.24. The van der Waals surface area contributed by atoms with Gasteiger partial charge in [0.15, 0.2) is 5.76 Å². The Morgan fingerprint density at radius 1 is 1.06 bits per heavy atom. The van der Waals surface area contributed by atoms with E-state index in [9.17, 15) is 14.7 Å². The molecule has 5 aromatic rings. The van der Waals surface area contributed by atoms with Gasteiger partial charge in [0.2, 0.25) is 5.88 Å². The number of thiazole rings is 1. The van der Waals surface area contributed by atoms with E-state index in [1.165, 1.54) is 11.3 Å². The monoisotopic (exact) mass is 516 g/mol. The number of aromatic nitrogens is 2. The molecular formula is C26H20N4O4S2. The van der Waals surface area contributed by atoms with Crippen LogP contribution in [0, 0.1) is 0 Å². The molecule has 0 fully saturated rings. The molecule has 3 aromatic heterocycles. The van der Waals surface area contributed by atoms with Gasteiger partial charge in [0.25, 0.3) is 5.91 Å². The molecule has 1 amide bonds. The maximum Gasteiger partial charge on any atom is 0.307 e. The van der Waals surface area contributed by atoms with Gasteiger partial charge in [-0.25, -0.2) is 0 Å². The van der Waals surface area contributed by atoms with Crippen molar-refractivity contribution >= 4 is 45.0 Å². The number of fused-ring (bicyclic) bond motifs is 3. The van der Waals surface area contributed by atoms with Gasteiger partial charge in [-0.1, -0.05) is 46.8 Å². The Hall–Kier alpha value is -4.15. The highest BCUT2D eigenvalue weighted by Gasteiger charge is 2.31. The molecule has 0 saturated carbocycles. The summed E-state index contributed by atoms with van der Waals surface area (Å²) in [5, 5.41) is 21.1. The molecule has 180 valence electrons. The molecule has 3 heterocycles. The van der Waals surface area contributed by atoms with Crippen molar-refractivity contribution in [3.05, 3.63) is 96.9 Å². The number of carbonyl (C=O) groups excluding carboxylic acids is 1. The zero-order valence-corrected chi connectivity index (χ0v) is 20.5. The average Bonchev–Trinajstić information content (AvgIpc) is 3.58. The average molecular weight is 517 g/mol. The van der Waals surface area contributed by atoms with E-state index in [-0.39, 0.29) is 16.7 Å². The fourth-order valence-electron chi connectivity index (χ4n) is 4.32. The molecule has 1 aliphatic carbocycles. The highest BCUT2D eigenvalue weighted by molar-refractivity contribution is 7.19. The minimum atomic E-state index is -0.288. The summed E-state index contributed by atoms with van der Waals surface area (Å²) in [5.74, 6) is 0.430. The van der Waals surface area contributed by atoms with Crippen molar-refractivity contribution in [1.29, 1.82) is 0 Å². The molecule has 0 atom stereocenters. The summed E-state index contributed by atoms with van der Waals surface area (Å²) < 4.78 is 5.59. The number of amides is 1. The van der Waals surface area contributed by atoms with Gasteiger partial charge in [-0.05, 0) is 48.2 Å². The third-order valence-corrected chi connectivity index (χ3v) is 8.06. The highest BCUT2D eigenvalue weighted by Crippen LogP contribution is 2.47. The molecule has 8 nitrogen and oxygen atoms in total. The lowest BCUT2D eigenvalue weighted by Crippen LogP contribution is -2.13. The SMILES string of the molecule is O=C(Nc1ccc(Cc2sc(=O)[nH]c2O)cc1)c1sc(Nc2ccccc2)c2c1CCc1cnoc1-2. The third kappa shape index (κ3) is 4.21. The van der Waals surface area contributed by atoms with Gasteiger partial charge in [0, 0.05) is 23.4 Å². The first-order valence-electron chi connectivity index (χ1n) is 11.3. The molecule has 36 heavy (non-hydrogen) atoms. The maximum absolute atomic E-state index is 13.4. The first-order chi connectivity index (χ1) is 17.5. The predicted octanol–water partition coefficient (Wildman–Crippen LogP) is 5.54. The number of thiophene rings is 1. The van der Waals surface area contributed by atoms with Crippen LogP contribution in [0.5, 0.6) is 5.88 Å². The highest BCUT2D eigenvalue weighted by atomic mass is 32.1. The molecule has 1 aliphatic rings. The summed E-state index contributed by atoms with van der Waals surface area (Å²) in [6, 6.07) is 17.2. The number of para-hydroxylation sites is 1. The molecule has 0 bridgehead atoms. The van der Waals surface area contributed by atoms with Crippen molar-refractivity contribution in [3.63, 3.8) is 0 Å². The van der Waals surface area contributed by atoms with Crippen molar-refractivity contribution in [1.82, 2.24) is 10.1 Å². The Bertz CT molecular complexity index is 1610. The number of aryl methyl sites for hydroxylation is 1. The molecular weight excluding hydrogens is 496 g/mol. The van der Waals surface area contributed by atoms with Crippen molar-refractivity contribution in [3.8, 4) is 17.2 Å². The molecule has 0 saturated heterocycles. The second-order valence-corrected chi connectivity index (χ2v) is 10.5. The van der Waals surface area contributed by atoms with Gasteiger partial charge in [-0.2, -0.15) is 0 Å². The molecule has 0 spiro atoms. The van der Waals surface area contributed by atoms with Crippen LogP contribution in [0.1, 0.15) is 31.2 Å². The van der Waals surface area contributed by atoms with Crippen LogP contribution in [0.15, 0.2) is 70.1 Å². The quantitative estimate of drug-likeness (QED) is 0.235. The van der Waals surface area contributed by atoms with E-state index in [1.807, 2.05) is 54.6 Å². The standard InChI is InChI=1S/C26H20N4O4S2/c31-23-19(35-26(33)30-23)12-14-6-9-17(10-7-14)28-24(32)22-18-11-8-15-13-27-34-21(15)20(18)25(36-22)29-16-4-2-1-3-5-16/h1-7,9-10,13,29,31H,8,11-12H2,(H,28,32)(H,30,33). The molecule has 6 rings (SSSR count). The Labute approximate surface area is 213 Å². The second-order valence-electron chi connectivity index (χ2n) is 8.40. The van der Waals surface area contributed by atoms with Gasteiger partial charge < -0.3 is 20.3 Å². The van der Waals surface area contributed by atoms with Gasteiger partial charge >= 0.3 is 4.87 Å². The lowest BCUT2D eigenvalue weighted by atomic mass is 9.92. The minimum Gasteiger partial charge on any atom is -0.494 e. The summed E-state index contributed by atoms with van der Waals surface area (Å²) in [7, 11) is 0. The first-order valence-corrected chi connectivity index (χ1v) is 12.9. The Kier molecular flexibility index (Phi) is 5.67. The van der Waals surface area contributed by atoms with Gasteiger partial charge in [0.1, 0.15) is 5.00 Å². The van der Waals surface area contributed by atoms with E-state index in [2.05, 4.69) is 20.8 Å². The first kappa shape index (κ1) is 22.3. The van der Waals surface area contributed by atoms with Crippen LogP contribution in [-0.2, 0) is 19.3 Å². The molecule has 0 radical (unpaired) electrons. The predicted molar refractivity (Wildman–Crippen MR) is 141 cm³/mol. The number of anilines is 3. The Morgan fingerprint density at radius 3 is 2.61 bits per heavy atom. The Morgan fingerprint density at radius 2 is 1.86 bits per heavy atom. The van der Waals surface area contributed by atoms with Crippen LogP contribution >= 0.6 is 22.7 Å². The van der Waals surface area contributed by atoms with Crippen molar-refractivity contribution in [2.75, 3.05) is 10.6 Å². The number of hydrogen-bond acceptors (Lipinski definition) is 8. The number of rotatable bonds is 6. The smallest absolute Gasteiger partial charge is 0.307 e. The van der Waals surface area contributed by atoms with E-state index in [0.717, 1.165) is 57.1 Å². The third-order valence-electron chi connectivity index (χ3n) is 6.04.